The van der Waals surface area contributed by atoms with Gasteiger partial charge in [-0.1, -0.05) is 11.6 Å². The number of pyridine rings is 1. The molecule has 1 amide bonds. The van der Waals surface area contributed by atoms with Crippen LogP contribution in [0.15, 0.2) is 36.0 Å². The van der Waals surface area contributed by atoms with Gasteiger partial charge >= 0.3 is 0 Å². The molecule has 1 aliphatic heterocycles. The molecule has 0 atom stereocenters. The maximum absolute atomic E-state index is 12.5. The number of sulfonamides is 1. The number of amides is 1. The number of rotatable bonds is 7. The Labute approximate surface area is 173 Å². The molecule has 10 heteroatoms. The molecule has 28 heavy (non-hydrogen) atoms. The second kappa shape index (κ2) is 9.04. The van der Waals surface area contributed by atoms with Crippen molar-refractivity contribution in [3.05, 3.63) is 50.8 Å². The molecule has 2 aromatic rings. The molecule has 150 valence electrons. The Balaban J connectivity index is 1.52. The van der Waals surface area contributed by atoms with Gasteiger partial charge < -0.3 is 10.6 Å². The highest BCUT2D eigenvalue weighted by atomic mass is 35.5. The first-order valence-corrected chi connectivity index (χ1v) is 11.4. The van der Waals surface area contributed by atoms with Crippen LogP contribution in [-0.4, -0.2) is 54.7 Å². The third kappa shape index (κ3) is 5.32. The number of carbonyl (C=O) groups is 1. The second-order valence-corrected chi connectivity index (χ2v) is 9.95. The van der Waals surface area contributed by atoms with E-state index >= 15 is 0 Å². The molecule has 0 radical (unpaired) electrons. The number of carbonyl (C=O) groups excluding carboxylic acids is 1. The molecule has 0 bridgehead atoms. The second-order valence-electron chi connectivity index (χ2n) is 6.38. The van der Waals surface area contributed by atoms with Crippen molar-refractivity contribution in [2.75, 3.05) is 31.9 Å². The van der Waals surface area contributed by atoms with Crippen LogP contribution in [0, 0.1) is 0 Å². The number of aryl methyl sites for hydroxylation is 1. The Morgan fingerprint density at radius 2 is 2.11 bits per heavy atom. The molecular formula is C18H21ClN4O3S2. The molecular weight excluding hydrogens is 420 g/mol. The summed E-state index contributed by atoms with van der Waals surface area (Å²) >= 11 is 7.14. The van der Waals surface area contributed by atoms with Gasteiger partial charge in [-0.15, -0.1) is 11.3 Å². The topological polar surface area (TPSA) is 96.6 Å². The number of halogens is 1. The maximum Gasteiger partial charge on any atom is 0.237 e. The van der Waals surface area contributed by atoms with Gasteiger partial charge in [-0.3, -0.25) is 9.78 Å². The maximum atomic E-state index is 12.5. The SMILES string of the molecule is Nc1ccncc1CCCN1CCN(S(=O)(=O)C=Cc2ccc(Cl)s2)CC1=O. The number of aromatic nitrogens is 1. The van der Waals surface area contributed by atoms with E-state index in [2.05, 4.69) is 4.98 Å². The standard InChI is InChI=1S/C18H21ClN4O3S2/c19-17-4-3-15(27-17)6-11-28(25,26)23-10-9-22(18(24)13-23)8-1-2-14-12-21-7-5-16(14)20/h3-7,11-12H,1-2,8-10,13H2,(H2,20,21). The predicted octanol–water partition coefficient (Wildman–Crippen LogP) is 2.46. The zero-order valence-corrected chi connectivity index (χ0v) is 17.5. The first-order valence-electron chi connectivity index (χ1n) is 8.75. The minimum Gasteiger partial charge on any atom is -0.398 e. The summed E-state index contributed by atoms with van der Waals surface area (Å²) in [5.74, 6) is -0.193. The number of hydrogen-bond acceptors (Lipinski definition) is 6. The lowest BCUT2D eigenvalue weighted by atomic mass is 10.1. The van der Waals surface area contributed by atoms with Crippen molar-refractivity contribution in [1.82, 2.24) is 14.2 Å². The fraction of sp³-hybridized carbons (Fsp3) is 0.333. The first kappa shape index (κ1) is 20.8. The van der Waals surface area contributed by atoms with E-state index in [9.17, 15) is 13.2 Å². The van der Waals surface area contributed by atoms with Crippen LogP contribution in [0.4, 0.5) is 5.69 Å². The van der Waals surface area contributed by atoms with Crippen LogP contribution in [0.25, 0.3) is 6.08 Å². The molecule has 1 saturated heterocycles. The number of nitrogens with two attached hydrogens (primary N) is 1. The van der Waals surface area contributed by atoms with Gasteiger partial charge in [-0.05, 0) is 42.7 Å². The van der Waals surface area contributed by atoms with Crippen LogP contribution in [0.1, 0.15) is 16.9 Å². The van der Waals surface area contributed by atoms with Gasteiger partial charge in [0.1, 0.15) is 0 Å². The van der Waals surface area contributed by atoms with E-state index in [1.807, 2.05) is 0 Å². The van der Waals surface area contributed by atoms with Crippen LogP contribution in [-0.2, 0) is 21.2 Å². The molecule has 2 aromatic heterocycles. The third-order valence-corrected chi connectivity index (χ3v) is 7.17. The fourth-order valence-electron chi connectivity index (χ4n) is 2.90. The van der Waals surface area contributed by atoms with Crippen LogP contribution in [0.3, 0.4) is 0 Å². The summed E-state index contributed by atoms with van der Waals surface area (Å²) in [6.45, 7) is 1.06. The monoisotopic (exact) mass is 440 g/mol. The van der Waals surface area contributed by atoms with Gasteiger partial charge in [0.15, 0.2) is 0 Å². The van der Waals surface area contributed by atoms with E-state index < -0.39 is 10.0 Å². The van der Waals surface area contributed by atoms with Gasteiger partial charge in [0.05, 0.1) is 10.9 Å². The third-order valence-electron chi connectivity index (χ3n) is 4.46. The summed E-state index contributed by atoms with van der Waals surface area (Å²) in [6.07, 6.45) is 6.34. The summed E-state index contributed by atoms with van der Waals surface area (Å²) in [7, 11) is -3.65. The minimum atomic E-state index is -3.65. The van der Waals surface area contributed by atoms with Crippen molar-refractivity contribution in [2.24, 2.45) is 0 Å². The Kier molecular flexibility index (Phi) is 6.71. The summed E-state index contributed by atoms with van der Waals surface area (Å²) < 4.78 is 26.7. The van der Waals surface area contributed by atoms with Gasteiger partial charge in [-0.25, -0.2) is 8.42 Å². The molecule has 0 saturated carbocycles. The van der Waals surface area contributed by atoms with Crippen LogP contribution >= 0.6 is 22.9 Å². The Hall–Kier alpha value is -1.94. The smallest absolute Gasteiger partial charge is 0.237 e. The number of piperazine rings is 1. The van der Waals surface area contributed by atoms with E-state index in [0.717, 1.165) is 28.7 Å². The van der Waals surface area contributed by atoms with E-state index in [4.69, 9.17) is 17.3 Å². The molecule has 3 heterocycles. The van der Waals surface area contributed by atoms with Gasteiger partial charge in [0.2, 0.25) is 15.9 Å². The summed E-state index contributed by atoms with van der Waals surface area (Å²) in [4.78, 5) is 18.9. The van der Waals surface area contributed by atoms with Crippen LogP contribution < -0.4 is 5.73 Å². The number of nitrogens with zero attached hydrogens (tertiary/aromatic N) is 3. The van der Waals surface area contributed by atoms with Gasteiger partial charge in [0, 0.05) is 48.0 Å². The van der Waals surface area contributed by atoms with Crippen LogP contribution in [0.5, 0.6) is 0 Å². The van der Waals surface area contributed by atoms with Gasteiger partial charge in [-0.2, -0.15) is 4.31 Å². The minimum absolute atomic E-state index is 0.146. The quantitative estimate of drug-likeness (QED) is 0.713. The van der Waals surface area contributed by atoms with Crippen molar-refractivity contribution < 1.29 is 13.2 Å². The molecule has 0 spiro atoms. The lowest BCUT2D eigenvalue weighted by Gasteiger charge is -2.33. The van der Waals surface area contributed by atoms with Crippen molar-refractivity contribution >= 4 is 50.6 Å². The Morgan fingerprint density at radius 3 is 2.79 bits per heavy atom. The van der Waals surface area contributed by atoms with Crippen molar-refractivity contribution in [2.45, 2.75) is 12.8 Å². The number of anilines is 1. The van der Waals surface area contributed by atoms with Crippen molar-refractivity contribution in [3.63, 3.8) is 0 Å². The summed E-state index contributed by atoms with van der Waals surface area (Å²) in [6, 6.07) is 5.21. The average Bonchev–Trinajstić information content (AvgIpc) is 3.08. The lowest BCUT2D eigenvalue weighted by Crippen LogP contribution is -2.51. The van der Waals surface area contributed by atoms with E-state index in [-0.39, 0.29) is 19.0 Å². The van der Waals surface area contributed by atoms with Crippen molar-refractivity contribution in [3.8, 4) is 0 Å². The summed E-state index contributed by atoms with van der Waals surface area (Å²) in [5, 5.41) is 1.13. The zero-order chi connectivity index (χ0) is 20.1. The molecule has 3 rings (SSSR count). The number of thiophene rings is 1. The molecule has 2 N–H and O–H groups in total. The van der Waals surface area contributed by atoms with Crippen molar-refractivity contribution in [1.29, 1.82) is 0 Å². The molecule has 0 aliphatic carbocycles. The molecule has 0 unspecified atom stereocenters. The molecule has 1 aliphatic rings. The predicted molar refractivity (Wildman–Crippen MR) is 112 cm³/mol. The Morgan fingerprint density at radius 1 is 1.29 bits per heavy atom. The van der Waals surface area contributed by atoms with E-state index in [1.54, 1.807) is 35.5 Å². The highest BCUT2D eigenvalue weighted by molar-refractivity contribution is 7.92. The molecule has 1 fully saturated rings. The first-order chi connectivity index (χ1) is 13.3. The number of hydrogen-bond donors (Lipinski definition) is 1. The normalized spacial score (nSPS) is 16.2. The van der Waals surface area contributed by atoms with Gasteiger partial charge in [0.25, 0.3) is 0 Å². The largest absolute Gasteiger partial charge is 0.398 e. The molecule has 7 nitrogen and oxygen atoms in total. The zero-order valence-electron chi connectivity index (χ0n) is 15.1. The number of nitrogen functional groups attached to an aromatic ring is 1. The molecule has 0 aromatic carbocycles. The van der Waals surface area contributed by atoms with Crippen LogP contribution in [0.2, 0.25) is 4.34 Å². The summed E-state index contributed by atoms with van der Waals surface area (Å²) in [5.41, 5.74) is 7.54. The highest BCUT2D eigenvalue weighted by Gasteiger charge is 2.30. The Bertz CT molecular complexity index is 975. The highest BCUT2D eigenvalue weighted by Crippen LogP contribution is 2.23. The average molecular weight is 441 g/mol. The fourth-order valence-corrected chi connectivity index (χ4v) is 5.07. The van der Waals surface area contributed by atoms with E-state index in [1.165, 1.54) is 21.7 Å². The lowest BCUT2D eigenvalue weighted by molar-refractivity contribution is -0.134. The van der Waals surface area contributed by atoms with E-state index in [0.29, 0.717) is 23.1 Å².